The summed E-state index contributed by atoms with van der Waals surface area (Å²) in [5.74, 6) is 0.110. The maximum atomic E-state index is 12.2. The Hall–Kier alpha value is -1.06. The molecule has 0 aliphatic carbocycles. The molecule has 0 aromatic heterocycles. The first-order chi connectivity index (χ1) is 7.59. The molecular formula is C12H11ClO2S. The van der Waals surface area contributed by atoms with Crippen molar-refractivity contribution in [3.05, 3.63) is 47.2 Å². The van der Waals surface area contributed by atoms with Crippen molar-refractivity contribution in [1.29, 1.82) is 0 Å². The molecule has 0 saturated carbocycles. The Morgan fingerprint density at radius 1 is 1.50 bits per heavy atom. The Bertz CT molecular complexity index is 494. The third-order valence-electron chi connectivity index (χ3n) is 2.43. The predicted octanol–water partition coefficient (Wildman–Crippen LogP) is 3.22. The van der Waals surface area contributed by atoms with Crippen LogP contribution >= 0.6 is 11.6 Å². The molecule has 0 spiro atoms. The van der Waals surface area contributed by atoms with Gasteiger partial charge in [-0.1, -0.05) is 36.4 Å². The quantitative estimate of drug-likeness (QED) is 0.880. The third kappa shape index (κ3) is 2.06. The zero-order valence-corrected chi connectivity index (χ0v) is 10.1. The van der Waals surface area contributed by atoms with Crippen molar-refractivity contribution in [3.63, 3.8) is 0 Å². The average Bonchev–Trinajstić information content (AvgIpc) is 2.24. The van der Waals surface area contributed by atoms with Crippen molar-refractivity contribution in [2.24, 2.45) is 0 Å². The van der Waals surface area contributed by atoms with Gasteiger partial charge in [0.2, 0.25) is 0 Å². The van der Waals surface area contributed by atoms with Crippen molar-refractivity contribution >= 4 is 28.5 Å². The molecule has 2 nitrogen and oxygen atoms in total. The van der Waals surface area contributed by atoms with Gasteiger partial charge in [-0.25, -0.2) is 0 Å². The van der Waals surface area contributed by atoms with Crippen molar-refractivity contribution in [3.8, 4) is 0 Å². The summed E-state index contributed by atoms with van der Waals surface area (Å²) in [6.45, 7) is 3.57. The van der Waals surface area contributed by atoms with Gasteiger partial charge < -0.3 is 5.11 Å². The van der Waals surface area contributed by atoms with Crippen molar-refractivity contribution < 1.29 is 9.32 Å². The molecule has 0 saturated heterocycles. The average molecular weight is 255 g/mol. The van der Waals surface area contributed by atoms with E-state index in [0.717, 1.165) is 10.5 Å². The van der Waals surface area contributed by atoms with Crippen LogP contribution in [0.4, 0.5) is 0 Å². The zero-order valence-electron chi connectivity index (χ0n) is 8.52. The fourth-order valence-electron chi connectivity index (χ4n) is 1.68. The van der Waals surface area contributed by atoms with E-state index in [-0.39, 0.29) is 5.76 Å². The SMILES string of the molecule is C=C(Cl)CC1C(O)=Cc2ccccc2S1=O. The molecule has 2 unspecified atom stereocenters. The standard InChI is InChI=1S/C12H11ClO2S/c1-8(13)6-12-10(14)7-9-4-2-3-5-11(9)16(12)15/h2-5,7,12,14H,1,6H2. The van der Waals surface area contributed by atoms with Gasteiger partial charge in [-0.05, 0) is 17.7 Å². The highest BCUT2D eigenvalue weighted by Crippen LogP contribution is 2.31. The second-order valence-corrected chi connectivity index (χ2v) is 5.75. The molecule has 0 amide bonds. The fraction of sp³-hybridized carbons (Fsp3) is 0.167. The lowest BCUT2D eigenvalue weighted by molar-refractivity contribution is 0.395. The zero-order chi connectivity index (χ0) is 11.7. The lowest BCUT2D eigenvalue weighted by Crippen LogP contribution is -2.22. The summed E-state index contributed by atoms with van der Waals surface area (Å²) >= 11 is 5.70. The minimum atomic E-state index is -1.27. The summed E-state index contributed by atoms with van der Waals surface area (Å²) in [5.41, 5.74) is 0.801. The molecule has 1 aliphatic rings. The van der Waals surface area contributed by atoms with Crippen LogP contribution in [0.2, 0.25) is 0 Å². The summed E-state index contributed by atoms with van der Waals surface area (Å²) in [6.07, 6.45) is 1.96. The van der Waals surface area contributed by atoms with Gasteiger partial charge in [-0.3, -0.25) is 4.21 Å². The lowest BCUT2D eigenvalue weighted by atomic mass is 10.1. The van der Waals surface area contributed by atoms with Crippen LogP contribution in [0.25, 0.3) is 6.08 Å². The summed E-state index contributed by atoms with van der Waals surface area (Å²) in [6, 6.07) is 7.31. The van der Waals surface area contributed by atoms with E-state index in [9.17, 15) is 9.32 Å². The highest BCUT2D eigenvalue weighted by molar-refractivity contribution is 7.86. The van der Waals surface area contributed by atoms with Gasteiger partial charge in [-0.2, -0.15) is 0 Å². The van der Waals surface area contributed by atoms with Gasteiger partial charge in [0.15, 0.2) is 0 Å². The van der Waals surface area contributed by atoms with E-state index in [4.69, 9.17) is 11.6 Å². The van der Waals surface area contributed by atoms with E-state index in [1.165, 1.54) is 0 Å². The number of hydrogen-bond acceptors (Lipinski definition) is 2. The Kier molecular flexibility index (Phi) is 3.17. The van der Waals surface area contributed by atoms with Crippen LogP contribution in [0.15, 0.2) is 46.5 Å². The smallest absolute Gasteiger partial charge is 0.109 e. The van der Waals surface area contributed by atoms with E-state index < -0.39 is 16.0 Å². The van der Waals surface area contributed by atoms with Crippen LogP contribution in [-0.2, 0) is 10.8 Å². The molecule has 84 valence electrons. The monoisotopic (exact) mass is 254 g/mol. The van der Waals surface area contributed by atoms with Crippen molar-refractivity contribution in [2.45, 2.75) is 16.6 Å². The molecule has 2 atom stereocenters. The normalized spacial score (nSPS) is 23.4. The van der Waals surface area contributed by atoms with Crippen LogP contribution in [0, 0.1) is 0 Å². The largest absolute Gasteiger partial charge is 0.511 e. The molecule has 0 bridgehead atoms. The van der Waals surface area contributed by atoms with Crippen LogP contribution < -0.4 is 0 Å². The number of halogens is 1. The van der Waals surface area contributed by atoms with Gasteiger partial charge in [0.1, 0.15) is 11.0 Å². The second kappa shape index (κ2) is 4.44. The van der Waals surface area contributed by atoms with Gasteiger partial charge >= 0.3 is 0 Å². The topological polar surface area (TPSA) is 37.3 Å². The number of fused-ring (bicyclic) bond motifs is 1. The van der Waals surface area contributed by atoms with Gasteiger partial charge in [0.05, 0.1) is 10.8 Å². The first-order valence-corrected chi connectivity index (χ1v) is 6.42. The number of rotatable bonds is 2. The number of hydrogen-bond donors (Lipinski definition) is 1. The van der Waals surface area contributed by atoms with E-state index in [2.05, 4.69) is 6.58 Å². The highest BCUT2D eigenvalue weighted by Gasteiger charge is 2.28. The van der Waals surface area contributed by atoms with Crippen LogP contribution in [0.1, 0.15) is 12.0 Å². The minimum Gasteiger partial charge on any atom is -0.511 e. The Morgan fingerprint density at radius 3 is 2.88 bits per heavy atom. The summed E-state index contributed by atoms with van der Waals surface area (Å²) in [7, 11) is -1.27. The van der Waals surface area contributed by atoms with Crippen LogP contribution in [-0.4, -0.2) is 14.6 Å². The van der Waals surface area contributed by atoms with E-state index in [1.54, 1.807) is 12.1 Å². The van der Waals surface area contributed by atoms with Gasteiger partial charge in [0, 0.05) is 16.3 Å². The minimum absolute atomic E-state index is 0.110. The molecule has 1 aliphatic heterocycles. The van der Waals surface area contributed by atoms with Crippen LogP contribution in [0.3, 0.4) is 0 Å². The maximum Gasteiger partial charge on any atom is 0.109 e. The Labute approximate surface area is 102 Å². The van der Waals surface area contributed by atoms with Crippen molar-refractivity contribution in [2.75, 3.05) is 0 Å². The molecule has 4 heteroatoms. The van der Waals surface area contributed by atoms with Crippen LogP contribution in [0.5, 0.6) is 0 Å². The first-order valence-electron chi connectivity index (χ1n) is 4.83. The maximum absolute atomic E-state index is 12.2. The Balaban J connectivity index is 2.43. The Morgan fingerprint density at radius 2 is 2.19 bits per heavy atom. The molecule has 1 heterocycles. The van der Waals surface area contributed by atoms with E-state index in [1.807, 2.05) is 18.2 Å². The number of benzene rings is 1. The molecule has 2 rings (SSSR count). The lowest BCUT2D eigenvalue weighted by Gasteiger charge is -2.21. The molecule has 0 fully saturated rings. The second-order valence-electron chi connectivity index (χ2n) is 3.61. The number of aliphatic hydroxyl groups excluding tert-OH is 1. The number of aliphatic hydroxyl groups is 1. The third-order valence-corrected chi connectivity index (χ3v) is 4.32. The predicted molar refractivity (Wildman–Crippen MR) is 66.9 cm³/mol. The fourth-order valence-corrected chi connectivity index (χ4v) is 3.44. The molecule has 0 radical (unpaired) electrons. The summed E-state index contributed by atoms with van der Waals surface area (Å²) in [5, 5.41) is 9.73. The molecule has 1 aromatic rings. The first kappa shape index (κ1) is 11.4. The molecule has 1 aromatic carbocycles. The summed E-state index contributed by atoms with van der Waals surface area (Å²) < 4.78 is 12.2. The highest BCUT2D eigenvalue weighted by atomic mass is 35.5. The molecular weight excluding hydrogens is 244 g/mol. The van der Waals surface area contributed by atoms with E-state index >= 15 is 0 Å². The van der Waals surface area contributed by atoms with Crippen molar-refractivity contribution in [1.82, 2.24) is 0 Å². The molecule has 16 heavy (non-hydrogen) atoms. The van der Waals surface area contributed by atoms with E-state index in [0.29, 0.717) is 11.5 Å². The molecule has 1 N–H and O–H groups in total. The van der Waals surface area contributed by atoms with Gasteiger partial charge in [0.25, 0.3) is 0 Å². The van der Waals surface area contributed by atoms with Gasteiger partial charge in [-0.15, -0.1) is 0 Å². The number of allylic oxidation sites excluding steroid dienone is 1. The summed E-state index contributed by atoms with van der Waals surface area (Å²) in [4.78, 5) is 0.739.